The summed E-state index contributed by atoms with van der Waals surface area (Å²) in [5.74, 6) is 0.00504. The predicted molar refractivity (Wildman–Crippen MR) is 85.5 cm³/mol. The molecule has 1 N–H and O–H groups in total. The summed E-state index contributed by atoms with van der Waals surface area (Å²) in [6.07, 6.45) is -0.995. The van der Waals surface area contributed by atoms with Gasteiger partial charge < -0.3 is 14.5 Å². The minimum absolute atomic E-state index is 0.344. The molecule has 6 nitrogen and oxygen atoms in total. The topological polar surface area (TPSA) is 92.3 Å². The Bertz CT molecular complexity index is 798. The van der Waals surface area contributed by atoms with Crippen LogP contribution in [0.3, 0.4) is 0 Å². The second kappa shape index (κ2) is 6.67. The van der Waals surface area contributed by atoms with E-state index in [9.17, 15) is 9.59 Å². The van der Waals surface area contributed by atoms with E-state index in [2.05, 4.69) is 5.32 Å². The van der Waals surface area contributed by atoms with Crippen LogP contribution in [0.5, 0.6) is 0 Å². The zero-order chi connectivity index (χ0) is 17.1. The first-order valence-electron chi connectivity index (χ1n) is 6.91. The van der Waals surface area contributed by atoms with Gasteiger partial charge in [-0.25, -0.2) is 4.79 Å². The van der Waals surface area contributed by atoms with Crippen molar-refractivity contribution in [1.82, 2.24) is 0 Å². The fourth-order valence-corrected chi connectivity index (χ4v) is 2.82. The molecule has 2 heterocycles. The quantitative estimate of drug-likeness (QED) is 0.867. The first-order chi connectivity index (χ1) is 10.8. The van der Waals surface area contributed by atoms with Crippen LogP contribution in [0.2, 0.25) is 0 Å². The van der Waals surface area contributed by atoms with Crippen molar-refractivity contribution in [2.75, 3.05) is 5.32 Å². The van der Waals surface area contributed by atoms with Crippen molar-refractivity contribution in [2.24, 2.45) is 0 Å². The number of nitrogens with one attached hydrogen (secondary N) is 1. The smallest absolute Gasteiger partial charge is 0.342 e. The van der Waals surface area contributed by atoms with Gasteiger partial charge in [0, 0.05) is 5.56 Å². The molecule has 2 aromatic rings. The van der Waals surface area contributed by atoms with E-state index in [1.54, 1.807) is 32.2 Å². The monoisotopic (exact) mass is 332 g/mol. The molecular weight excluding hydrogens is 316 g/mol. The lowest BCUT2D eigenvalue weighted by atomic mass is 10.1. The van der Waals surface area contributed by atoms with E-state index in [0.717, 1.165) is 0 Å². The summed E-state index contributed by atoms with van der Waals surface area (Å²) in [7, 11) is 0. The van der Waals surface area contributed by atoms with Crippen LogP contribution in [0.1, 0.15) is 39.9 Å². The van der Waals surface area contributed by atoms with Gasteiger partial charge in [0.05, 0.1) is 5.56 Å². The van der Waals surface area contributed by atoms with Gasteiger partial charge in [0.2, 0.25) is 0 Å². The van der Waals surface area contributed by atoms with E-state index in [0.29, 0.717) is 33.2 Å². The number of furan rings is 1. The summed E-state index contributed by atoms with van der Waals surface area (Å²) in [4.78, 5) is 24.3. The highest BCUT2D eigenvalue weighted by atomic mass is 32.1. The van der Waals surface area contributed by atoms with E-state index >= 15 is 0 Å². The van der Waals surface area contributed by atoms with E-state index in [-0.39, 0.29) is 0 Å². The molecule has 2 aromatic heterocycles. The SMILES string of the molecule is Cc1oc(C)c(C(=O)OC(C)C(=O)Nc2sccc2C#N)c1C. The highest BCUT2D eigenvalue weighted by molar-refractivity contribution is 7.14. The highest BCUT2D eigenvalue weighted by Gasteiger charge is 2.25. The molecule has 1 atom stereocenters. The van der Waals surface area contributed by atoms with Crippen molar-refractivity contribution in [3.05, 3.63) is 39.7 Å². The van der Waals surface area contributed by atoms with E-state index in [1.165, 1.54) is 18.3 Å². The van der Waals surface area contributed by atoms with Gasteiger partial charge in [-0.05, 0) is 39.1 Å². The lowest BCUT2D eigenvalue weighted by Gasteiger charge is -2.13. The van der Waals surface area contributed by atoms with Crippen LogP contribution in [0.25, 0.3) is 0 Å². The van der Waals surface area contributed by atoms with Crippen molar-refractivity contribution < 1.29 is 18.7 Å². The molecule has 0 radical (unpaired) electrons. The van der Waals surface area contributed by atoms with Gasteiger partial charge in [-0.3, -0.25) is 4.79 Å². The molecule has 0 saturated carbocycles. The number of aryl methyl sites for hydroxylation is 2. The molecule has 0 bridgehead atoms. The summed E-state index contributed by atoms with van der Waals surface area (Å²) < 4.78 is 10.6. The number of carbonyl (C=O) groups excluding carboxylic acids is 2. The number of ether oxygens (including phenoxy) is 1. The highest BCUT2D eigenvalue weighted by Crippen LogP contribution is 2.24. The van der Waals surface area contributed by atoms with Crippen molar-refractivity contribution in [2.45, 2.75) is 33.8 Å². The zero-order valence-electron chi connectivity index (χ0n) is 13.2. The Morgan fingerprint density at radius 1 is 1.35 bits per heavy atom. The molecule has 0 fully saturated rings. The molecule has 0 aromatic carbocycles. The molecule has 23 heavy (non-hydrogen) atoms. The number of anilines is 1. The molecule has 7 heteroatoms. The summed E-state index contributed by atoms with van der Waals surface area (Å²) >= 11 is 1.23. The lowest BCUT2D eigenvalue weighted by molar-refractivity contribution is -0.123. The first-order valence-corrected chi connectivity index (χ1v) is 7.79. The maximum Gasteiger partial charge on any atom is 0.342 e. The molecule has 0 aliphatic rings. The Labute approximate surface area is 137 Å². The van der Waals surface area contributed by atoms with Gasteiger partial charge in [0.1, 0.15) is 28.2 Å². The number of esters is 1. The largest absolute Gasteiger partial charge is 0.465 e. The maximum atomic E-state index is 12.2. The molecule has 0 saturated heterocycles. The third-order valence-electron chi connectivity index (χ3n) is 3.44. The van der Waals surface area contributed by atoms with Crippen molar-refractivity contribution in [3.63, 3.8) is 0 Å². The molecule has 120 valence electrons. The molecule has 1 unspecified atom stereocenters. The number of thiophene rings is 1. The number of nitrogens with zero attached hydrogens (tertiary/aromatic N) is 1. The van der Waals surface area contributed by atoms with Crippen LogP contribution in [0.15, 0.2) is 15.9 Å². The van der Waals surface area contributed by atoms with E-state index in [1.807, 2.05) is 6.07 Å². The molecule has 0 spiro atoms. The van der Waals surface area contributed by atoms with Gasteiger partial charge in [-0.1, -0.05) is 0 Å². The van der Waals surface area contributed by atoms with Crippen molar-refractivity contribution in [3.8, 4) is 6.07 Å². The van der Waals surface area contributed by atoms with Crippen LogP contribution >= 0.6 is 11.3 Å². The van der Waals surface area contributed by atoms with Crippen LogP contribution < -0.4 is 5.32 Å². The van der Waals surface area contributed by atoms with Gasteiger partial charge in [-0.15, -0.1) is 11.3 Å². The van der Waals surface area contributed by atoms with Gasteiger partial charge in [0.15, 0.2) is 6.10 Å². The number of nitriles is 1. The van der Waals surface area contributed by atoms with Gasteiger partial charge >= 0.3 is 5.97 Å². The third kappa shape index (κ3) is 3.43. The average Bonchev–Trinajstić information content (AvgIpc) is 3.03. The molecule has 0 aliphatic heterocycles. The van der Waals surface area contributed by atoms with Gasteiger partial charge in [0.25, 0.3) is 5.91 Å². The fraction of sp³-hybridized carbons (Fsp3) is 0.312. The Kier molecular flexibility index (Phi) is 4.86. The average molecular weight is 332 g/mol. The van der Waals surface area contributed by atoms with E-state index < -0.39 is 18.0 Å². The summed E-state index contributed by atoms with van der Waals surface area (Å²) in [5, 5.41) is 13.7. The van der Waals surface area contributed by atoms with Crippen molar-refractivity contribution >= 4 is 28.2 Å². The molecule has 2 rings (SSSR count). The maximum absolute atomic E-state index is 12.2. The molecular formula is C16H16N2O4S. The van der Waals surface area contributed by atoms with Crippen LogP contribution in [0, 0.1) is 32.1 Å². The molecule has 0 aliphatic carbocycles. The number of rotatable bonds is 4. The summed E-state index contributed by atoms with van der Waals surface area (Å²) in [6, 6.07) is 3.59. The second-order valence-electron chi connectivity index (χ2n) is 5.03. The van der Waals surface area contributed by atoms with Crippen LogP contribution in [0.4, 0.5) is 5.00 Å². The zero-order valence-corrected chi connectivity index (χ0v) is 14.0. The minimum atomic E-state index is -0.995. The Balaban J connectivity index is 2.06. The Morgan fingerprint density at radius 3 is 2.61 bits per heavy atom. The number of hydrogen-bond donors (Lipinski definition) is 1. The fourth-order valence-electron chi connectivity index (χ4n) is 2.07. The number of carbonyl (C=O) groups is 2. The number of amides is 1. The first kappa shape index (κ1) is 16.8. The van der Waals surface area contributed by atoms with Crippen LogP contribution in [-0.2, 0) is 9.53 Å². The van der Waals surface area contributed by atoms with Crippen molar-refractivity contribution in [1.29, 1.82) is 5.26 Å². The standard InChI is InChI=1S/C16H16N2O4S/c1-8-9(2)21-10(3)13(8)16(20)22-11(4)14(19)18-15-12(7-17)5-6-23-15/h5-6,11H,1-4H3,(H,18,19). The van der Waals surface area contributed by atoms with Gasteiger partial charge in [-0.2, -0.15) is 5.26 Å². The van der Waals surface area contributed by atoms with E-state index in [4.69, 9.17) is 14.4 Å². The third-order valence-corrected chi connectivity index (χ3v) is 4.27. The Morgan fingerprint density at radius 2 is 2.04 bits per heavy atom. The van der Waals surface area contributed by atoms with Crippen LogP contribution in [-0.4, -0.2) is 18.0 Å². The summed E-state index contributed by atoms with van der Waals surface area (Å²) in [6.45, 7) is 6.67. The predicted octanol–water partition coefficient (Wildman–Crippen LogP) is 3.32. The lowest BCUT2D eigenvalue weighted by Crippen LogP contribution is -2.30. The minimum Gasteiger partial charge on any atom is -0.465 e. The summed E-state index contributed by atoms with van der Waals surface area (Å²) in [5.41, 5.74) is 1.42. The second-order valence-corrected chi connectivity index (χ2v) is 5.94. The normalized spacial score (nSPS) is 11.6. The number of hydrogen-bond acceptors (Lipinski definition) is 6. The Hall–Kier alpha value is -2.59. The molecule has 1 amide bonds.